The third kappa shape index (κ3) is 2.44. The van der Waals surface area contributed by atoms with Crippen LogP contribution in [-0.4, -0.2) is 15.8 Å². The molecule has 0 bridgehead atoms. The largest absolute Gasteiger partial charge is 0.361 e. The lowest BCUT2D eigenvalue weighted by Gasteiger charge is -2.03. The average Bonchev–Trinajstić information content (AvgIpc) is 3.17. The fraction of sp³-hybridized carbons (Fsp3) is 0. The molecule has 0 radical (unpaired) electrons. The van der Waals surface area contributed by atoms with E-state index in [9.17, 15) is 4.79 Å². The molecule has 3 heterocycles. The smallest absolute Gasteiger partial charge is 0.196 e. The first kappa shape index (κ1) is 11.7. The zero-order chi connectivity index (χ0) is 13.1. The molecule has 3 nitrogen and oxygen atoms in total. The first-order valence-electron chi connectivity index (χ1n) is 5.91. The highest BCUT2D eigenvalue weighted by atomic mass is 32.1. The summed E-state index contributed by atoms with van der Waals surface area (Å²) in [6.45, 7) is 0. The van der Waals surface area contributed by atoms with Crippen LogP contribution in [0.1, 0.15) is 21.1 Å². The predicted octanol–water partition coefficient (Wildman–Crippen LogP) is 3.72. The number of rotatable bonds is 4. The van der Waals surface area contributed by atoms with Crippen LogP contribution in [0.3, 0.4) is 0 Å². The average molecular weight is 268 g/mol. The van der Waals surface area contributed by atoms with Crippen LogP contribution < -0.4 is 0 Å². The lowest BCUT2D eigenvalue weighted by atomic mass is 10.1. The van der Waals surface area contributed by atoms with Crippen molar-refractivity contribution in [1.82, 2.24) is 9.97 Å². The van der Waals surface area contributed by atoms with E-state index in [1.165, 1.54) is 11.3 Å². The molecule has 3 rings (SSSR count). The van der Waals surface area contributed by atoms with Crippen LogP contribution in [0.2, 0.25) is 0 Å². The molecule has 0 aliphatic rings. The number of ketones is 1. The van der Waals surface area contributed by atoms with Crippen molar-refractivity contribution in [2.45, 2.75) is 0 Å². The summed E-state index contributed by atoms with van der Waals surface area (Å²) >= 11 is 1.45. The Morgan fingerprint density at radius 1 is 1.00 bits per heavy atom. The minimum absolute atomic E-state index is 0.0224. The molecule has 0 spiro atoms. The highest BCUT2D eigenvalue weighted by Gasteiger charge is 2.11. The summed E-state index contributed by atoms with van der Waals surface area (Å²) in [5.41, 5.74) is 2.72. The molecule has 4 heteroatoms. The maximum atomic E-state index is 12.2. The second kappa shape index (κ2) is 5.12. The number of hydrogen-bond donors (Lipinski definition) is 2. The van der Waals surface area contributed by atoms with Gasteiger partial charge < -0.3 is 9.97 Å². The van der Waals surface area contributed by atoms with E-state index in [1.807, 2.05) is 54.2 Å². The van der Waals surface area contributed by atoms with Gasteiger partial charge in [-0.05, 0) is 41.8 Å². The lowest BCUT2D eigenvalue weighted by Crippen LogP contribution is -1.96. The Bertz CT molecular complexity index is 640. The lowest BCUT2D eigenvalue weighted by molar-refractivity contribution is 0.105. The van der Waals surface area contributed by atoms with Gasteiger partial charge in [0, 0.05) is 29.4 Å². The van der Waals surface area contributed by atoms with Gasteiger partial charge in [-0.1, -0.05) is 6.07 Å². The first-order chi connectivity index (χ1) is 9.34. The Hall–Kier alpha value is -2.33. The van der Waals surface area contributed by atoms with Gasteiger partial charge in [0.15, 0.2) is 5.78 Å². The third-order valence-electron chi connectivity index (χ3n) is 2.82. The van der Waals surface area contributed by atoms with E-state index in [0.29, 0.717) is 0 Å². The molecule has 0 saturated heterocycles. The second-order valence-corrected chi connectivity index (χ2v) is 5.01. The van der Waals surface area contributed by atoms with Gasteiger partial charge in [-0.2, -0.15) is 0 Å². The molecule has 3 aromatic heterocycles. The third-order valence-corrected chi connectivity index (χ3v) is 3.70. The van der Waals surface area contributed by atoms with Crippen LogP contribution >= 0.6 is 11.3 Å². The van der Waals surface area contributed by atoms with Crippen molar-refractivity contribution in [2.24, 2.45) is 0 Å². The van der Waals surface area contributed by atoms with Gasteiger partial charge in [0.2, 0.25) is 0 Å². The highest BCUT2D eigenvalue weighted by Crippen LogP contribution is 2.22. The quantitative estimate of drug-likeness (QED) is 0.550. The van der Waals surface area contributed by atoms with Gasteiger partial charge in [0.1, 0.15) is 0 Å². The monoisotopic (exact) mass is 268 g/mol. The van der Waals surface area contributed by atoms with E-state index in [1.54, 1.807) is 6.08 Å². The molecule has 0 atom stereocenters. The number of H-pyrrole nitrogens is 2. The van der Waals surface area contributed by atoms with E-state index in [-0.39, 0.29) is 5.78 Å². The van der Waals surface area contributed by atoms with Crippen LogP contribution in [0.5, 0.6) is 0 Å². The summed E-state index contributed by atoms with van der Waals surface area (Å²) in [5.74, 6) is 0.0224. The molecular formula is C15H12N2OS. The van der Waals surface area contributed by atoms with E-state index in [4.69, 9.17) is 0 Å². The summed E-state index contributed by atoms with van der Waals surface area (Å²) in [7, 11) is 0. The van der Waals surface area contributed by atoms with Crippen molar-refractivity contribution in [1.29, 1.82) is 0 Å². The van der Waals surface area contributed by atoms with Crippen LogP contribution in [-0.2, 0) is 0 Å². The minimum atomic E-state index is 0.0224. The Morgan fingerprint density at radius 2 is 1.68 bits per heavy atom. The van der Waals surface area contributed by atoms with Crippen molar-refractivity contribution < 1.29 is 4.79 Å². The number of aromatic amines is 2. The molecule has 0 amide bonds. The molecule has 0 saturated carbocycles. The maximum Gasteiger partial charge on any atom is 0.196 e. The van der Waals surface area contributed by atoms with Crippen molar-refractivity contribution in [3.63, 3.8) is 0 Å². The van der Waals surface area contributed by atoms with E-state index in [2.05, 4.69) is 9.97 Å². The molecule has 0 aliphatic carbocycles. The maximum absolute atomic E-state index is 12.2. The van der Waals surface area contributed by atoms with Gasteiger partial charge in [-0.3, -0.25) is 4.79 Å². The molecule has 94 valence electrons. The number of carbonyl (C=O) groups is 1. The fourth-order valence-electron chi connectivity index (χ4n) is 1.92. The molecule has 0 unspecified atom stereocenters. The van der Waals surface area contributed by atoms with Crippen LogP contribution in [0.15, 0.2) is 60.2 Å². The number of hydrogen-bond acceptors (Lipinski definition) is 2. The Morgan fingerprint density at radius 3 is 2.16 bits per heavy atom. The van der Waals surface area contributed by atoms with Gasteiger partial charge in [-0.25, -0.2) is 0 Å². The van der Waals surface area contributed by atoms with Crippen molar-refractivity contribution in [2.75, 3.05) is 0 Å². The summed E-state index contributed by atoms with van der Waals surface area (Å²) < 4.78 is 0. The van der Waals surface area contributed by atoms with E-state index >= 15 is 0 Å². The Labute approximate surface area is 114 Å². The molecule has 2 N–H and O–H groups in total. The van der Waals surface area contributed by atoms with Crippen LogP contribution in [0.25, 0.3) is 5.57 Å². The zero-order valence-electron chi connectivity index (χ0n) is 10.1. The molecule has 0 aromatic carbocycles. The number of aromatic nitrogens is 2. The number of carbonyl (C=O) groups excluding carboxylic acids is 1. The molecule has 0 aliphatic heterocycles. The molecule has 19 heavy (non-hydrogen) atoms. The SMILES string of the molecule is O=C(C=C(c1ccc[nH]1)c1ccc[nH]1)c1cccs1. The van der Waals surface area contributed by atoms with E-state index < -0.39 is 0 Å². The minimum Gasteiger partial charge on any atom is -0.361 e. The predicted molar refractivity (Wildman–Crippen MR) is 77.3 cm³/mol. The summed E-state index contributed by atoms with van der Waals surface area (Å²) in [4.78, 5) is 19.2. The van der Waals surface area contributed by atoms with Gasteiger partial charge in [-0.15, -0.1) is 11.3 Å². The summed E-state index contributed by atoms with van der Waals surface area (Å²) in [6.07, 6.45) is 5.37. The standard InChI is InChI=1S/C15H12N2OS/c18-14(15-6-3-9-19-15)10-11(12-4-1-7-16-12)13-5-2-8-17-13/h1-10,16-17H. The summed E-state index contributed by atoms with van der Waals surface area (Å²) in [6, 6.07) is 11.5. The fourth-order valence-corrected chi connectivity index (χ4v) is 2.55. The van der Waals surface area contributed by atoms with Crippen molar-refractivity contribution in [3.8, 4) is 0 Å². The van der Waals surface area contributed by atoms with Crippen molar-refractivity contribution >= 4 is 22.7 Å². The Balaban J connectivity index is 2.03. The normalized spacial score (nSPS) is 10.3. The number of thiophene rings is 1. The second-order valence-electron chi connectivity index (χ2n) is 4.07. The molecular weight excluding hydrogens is 256 g/mol. The molecule has 0 fully saturated rings. The zero-order valence-corrected chi connectivity index (χ0v) is 10.9. The highest BCUT2D eigenvalue weighted by molar-refractivity contribution is 7.12. The van der Waals surface area contributed by atoms with Crippen molar-refractivity contribution in [3.05, 3.63) is 76.5 Å². The van der Waals surface area contributed by atoms with Crippen LogP contribution in [0.4, 0.5) is 0 Å². The van der Waals surface area contributed by atoms with Gasteiger partial charge in [0.25, 0.3) is 0 Å². The van der Waals surface area contributed by atoms with E-state index in [0.717, 1.165) is 21.8 Å². The van der Waals surface area contributed by atoms with Gasteiger partial charge >= 0.3 is 0 Å². The number of nitrogens with one attached hydrogen (secondary N) is 2. The Kier molecular flexibility index (Phi) is 3.16. The molecule has 3 aromatic rings. The first-order valence-corrected chi connectivity index (χ1v) is 6.79. The van der Waals surface area contributed by atoms with Gasteiger partial charge in [0.05, 0.1) is 4.88 Å². The topological polar surface area (TPSA) is 48.6 Å². The number of allylic oxidation sites excluding steroid dienone is 1. The van der Waals surface area contributed by atoms with Crippen LogP contribution in [0, 0.1) is 0 Å². The summed E-state index contributed by atoms with van der Waals surface area (Å²) in [5, 5.41) is 1.91.